The van der Waals surface area contributed by atoms with Crippen LogP contribution in [-0.2, 0) is 9.53 Å². The lowest BCUT2D eigenvalue weighted by Gasteiger charge is -2.08. The standard InChI is InChI=1S/C12H13BrO2/c1-2-15-11(14)12(13)8-10(12)9-6-4-3-5-7-9/h3-7,10H,2,8H2,1H3. The van der Waals surface area contributed by atoms with Crippen LogP contribution in [0.25, 0.3) is 0 Å². The zero-order chi connectivity index (χ0) is 10.9. The minimum atomic E-state index is -0.468. The smallest absolute Gasteiger partial charge is 0.323 e. The molecule has 0 spiro atoms. The maximum atomic E-state index is 11.6. The molecule has 0 aliphatic heterocycles. The first-order valence-corrected chi connectivity index (χ1v) is 5.89. The summed E-state index contributed by atoms with van der Waals surface area (Å²) in [6, 6.07) is 10.1. The first-order valence-electron chi connectivity index (χ1n) is 5.09. The predicted octanol–water partition coefficient (Wildman–Crippen LogP) is 2.87. The number of carbonyl (C=O) groups is 1. The van der Waals surface area contributed by atoms with E-state index in [1.54, 1.807) is 0 Å². The Morgan fingerprint density at radius 2 is 2.20 bits per heavy atom. The zero-order valence-corrected chi connectivity index (χ0v) is 10.2. The predicted molar refractivity (Wildman–Crippen MR) is 62.1 cm³/mol. The quantitative estimate of drug-likeness (QED) is 0.623. The van der Waals surface area contributed by atoms with Crippen LogP contribution < -0.4 is 0 Å². The molecule has 0 aromatic heterocycles. The van der Waals surface area contributed by atoms with E-state index >= 15 is 0 Å². The maximum Gasteiger partial charge on any atom is 0.323 e. The number of rotatable bonds is 3. The van der Waals surface area contributed by atoms with Gasteiger partial charge in [0.05, 0.1) is 6.61 Å². The van der Waals surface area contributed by atoms with Crippen molar-refractivity contribution in [3.8, 4) is 0 Å². The van der Waals surface area contributed by atoms with Crippen molar-refractivity contribution in [2.24, 2.45) is 0 Å². The number of hydrogen-bond donors (Lipinski definition) is 0. The fourth-order valence-electron chi connectivity index (χ4n) is 1.78. The Bertz CT molecular complexity index is 363. The van der Waals surface area contributed by atoms with Crippen molar-refractivity contribution >= 4 is 21.9 Å². The molecule has 80 valence electrons. The summed E-state index contributed by atoms with van der Waals surface area (Å²) in [5, 5.41) is 0. The summed E-state index contributed by atoms with van der Waals surface area (Å²) in [6.07, 6.45) is 0.829. The van der Waals surface area contributed by atoms with Crippen LogP contribution in [0.3, 0.4) is 0 Å². The first-order chi connectivity index (χ1) is 7.18. The normalized spacial score (nSPS) is 28.5. The van der Waals surface area contributed by atoms with E-state index in [2.05, 4.69) is 15.9 Å². The molecule has 0 amide bonds. The van der Waals surface area contributed by atoms with Crippen molar-refractivity contribution in [3.05, 3.63) is 35.9 Å². The number of carbonyl (C=O) groups excluding carboxylic acids is 1. The third-order valence-electron chi connectivity index (χ3n) is 2.71. The topological polar surface area (TPSA) is 26.3 Å². The molecule has 0 heterocycles. The van der Waals surface area contributed by atoms with Crippen molar-refractivity contribution in [3.63, 3.8) is 0 Å². The third-order valence-corrected chi connectivity index (χ3v) is 3.91. The van der Waals surface area contributed by atoms with E-state index in [9.17, 15) is 4.79 Å². The largest absolute Gasteiger partial charge is 0.465 e. The minimum absolute atomic E-state index is 0.140. The molecular formula is C12H13BrO2. The van der Waals surface area contributed by atoms with E-state index in [0.29, 0.717) is 6.61 Å². The molecule has 1 aromatic rings. The molecule has 15 heavy (non-hydrogen) atoms. The number of halogens is 1. The second-order valence-electron chi connectivity index (χ2n) is 3.75. The molecule has 1 saturated carbocycles. The molecule has 2 atom stereocenters. The van der Waals surface area contributed by atoms with Crippen molar-refractivity contribution in [2.45, 2.75) is 23.6 Å². The lowest BCUT2D eigenvalue weighted by Crippen LogP contribution is -2.20. The van der Waals surface area contributed by atoms with Crippen molar-refractivity contribution in [1.29, 1.82) is 0 Å². The van der Waals surface area contributed by atoms with E-state index in [0.717, 1.165) is 6.42 Å². The molecule has 0 radical (unpaired) electrons. The Labute approximate surface area is 97.8 Å². The molecule has 2 nitrogen and oxygen atoms in total. The molecule has 2 rings (SSSR count). The van der Waals surface area contributed by atoms with Gasteiger partial charge in [0.25, 0.3) is 0 Å². The van der Waals surface area contributed by atoms with Gasteiger partial charge in [-0.2, -0.15) is 0 Å². The molecule has 1 aliphatic carbocycles. The highest BCUT2D eigenvalue weighted by Crippen LogP contribution is 2.58. The van der Waals surface area contributed by atoms with Gasteiger partial charge in [0.2, 0.25) is 0 Å². The van der Waals surface area contributed by atoms with Crippen molar-refractivity contribution in [2.75, 3.05) is 6.61 Å². The van der Waals surface area contributed by atoms with Gasteiger partial charge >= 0.3 is 5.97 Å². The second kappa shape index (κ2) is 3.97. The Morgan fingerprint density at radius 3 is 2.80 bits per heavy atom. The molecule has 1 aromatic carbocycles. The summed E-state index contributed by atoms with van der Waals surface area (Å²) in [7, 11) is 0. The number of esters is 1. The van der Waals surface area contributed by atoms with Crippen LogP contribution in [0.2, 0.25) is 0 Å². The summed E-state index contributed by atoms with van der Waals surface area (Å²) >= 11 is 3.48. The van der Waals surface area contributed by atoms with Crippen LogP contribution in [0.1, 0.15) is 24.8 Å². The maximum absolute atomic E-state index is 11.6. The zero-order valence-electron chi connectivity index (χ0n) is 8.57. The molecular weight excluding hydrogens is 256 g/mol. The van der Waals surface area contributed by atoms with Crippen LogP contribution in [0.5, 0.6) is 0 Å². The summed E-state index contributed by atoms with van der Waals surface area (Å²) < 4.78 is 4.57. The summed E-state index contributed by atoms with van der Waals surface area (Å²) in [5.74, 6) is 0.122. The van der Waals surface area contributed by atoms with Crippen LogP contribution in [0.4, 0.5) is 0 Å². The molecule has 0 N–H and O–H groups in total. The Balaban J connectivity index is 2.09. The van der Waals surface area contributed by atoms with Crippen LogP contribution in [-0.4, -0.2) is 16.9 Å². The summed E-state index contributed by atoms with van der Waals surface area (Å²) in [6.45, 7) is 2.27. The average Bonchev–Trinajstić information content (AvgIpc) is 2.94. The van der Waals surface area contributed by atoms with E-state index in [4.69, 9.17) is 4.74 Å². The van der Waals surface area contributed by atoms with Gasteiger partial charge in [-0.3, -0.25) is 4.79 Å². The van der Waals surface area contributed by atoms with Gasteiger partial charge in [0.15, 0.2) is 0 Å². The molecule has 0 saturated heterocycles. The van der Waals surface area contributed by atoms with Gasteiger partial charge in [-0.1, -0.05) is 46.3 Å². The first kappa shape index (κ1) is 10.7. The fourth-order valence-corrected chi connectivity index (χ4v) is 2.48. The van der Waals surface area contributed by atoms with Crippen LogP contribution >= 0.6 is 15.9 Å². The van der Waals surface area contributed by atoms with Crippen LogP contribution in [0.15, 0.2) is 30.3 Å². The van der Waals surface area contributed by atoms with Crippen LogP contribution in [0, 0.1) is 0 Å². The molecule has 0 bridgehead atoms. The Morgan fingerprint density at radius 1 is 1.53 bits per heavy atom. The SMILES string of the molecule is CCOC(=O)C1(Br)CC1c1ccccc1. The average molecular weight is 269 g/mol. The minimum Gasteiger partial charge on any atom is -0.465 e. The summed E-state index contributed by atoms with van der Waals surface area (Å²) in [5.41, 5.74) is 1.20. The fraction of sp³-hybridized carbons (Fsp3) is 0.417. The Kier molecular flexibility index (Phi) is 2.83. The number of ether oxygens (including phenoxy) is 1. The molecule has 3 heteroatoms. The second-order valence-corrected chi connectivity index (χ2v) is 5.17. The van der Waals surface area contributed by atoms with Crippen molar-refractivity contribution in [1.82, 2.24) is 0 Å². The molecule has 1 fully saturated rings. The van der Waals surface area contributed by atoms with E-state index in [1.807, 2.05) is 37.3 Å². The molecule has 2 unspecified atom stereocenters. The van der Waals surface area contributed by atoms with Gasteiger partial charge in [-0.25, -0.2) is 0 Å². The highest BCUT2D eigenvalue weighted by molar-refractivity contribution is 9.10. The highest BCUT2D eigenvalue weighted by Gasteiger charge is 2.60. The van der Waals surface area contributed by atoms with Gasteiger partial charge in [0, 0.05) is 5.92 Å². The van der Waals surface area contributed by atoms with E-state index in [-0.39, 0.29) is 11.9 Å². The van der Waals surface area contributed by atoms with E-state index in [1.165, 1.54) is 5.56 Å². The van der Waals surface area contributed by atoms with Gasteiger partial charge in [-0.05, 0) is 18.9 Å². The number of alkyl halides is 1. The Hall–Kier alpha value is -0.830. The molecule has 1 aliphatic rings. The monoisotopic (exact) mass is 268 g/mol. The number of hydrogen-bond acceptors (Lipinski definition) is 2. The lowest BCUT2D eigenvalue weighted by molar-refractivity contribution is -0.143. The van der Waals surface area contributed by atoms with Gasteiger partial charge in [-0.15, -0.1) is 0 Å². The number of benzene rings is 1. The highest BCUT2D eigenvalue weighted by atomic mass is 79.9. The lowest BCUT2D eigenvalue weighted by atomic mass is 10.1. The van der Waals surface area contributed by atoms with Crippen molar-refractivity contribution < 1.29 is 9.53 Å². The summed E-state index contributed by atoms with van der Waals surface area (Å²) in [4.78, 5) is 11.6. The van der Waals surface area contributed by atoms with Gasteiger partial charge in [0.1, 0.15) is 4.32 Å². The third kappa shape index (κ3) is 1.93. The van der Waals surface area contributed by atoms with E-state index < -0.39 is 4.32 Å². The van der Waals surface area contributed by atoms with Gasteiger partial charge < -0.3 is 4.74 Å².